The number of aliphatic hydroxyl groups excluding tert-OH is 2. The molecule has 0 radical (unpaired) electrons. The molecule has 0 rings (SSSR count). The molecule has 0 fully saturated rings. The Hall–Kier alpha value is -3.00. The Morgan fingerprint density at radius 3 is 1.73 bits per heavy atom. The predicted octanol–water partition coefficient (Wildman–Crippen LogP) is 10.3. The number of phosphoric acid groups is 2. The molecule has 0 aromatic carbocycles. The van der Waals surface area contributed by atoms with Crippen LogP contribution in [-0.2, 0) is 41.8 Å². The van der Waals surface area contributed by atoms with Gasteiger partial charge in [-0.15, -0.1) is 0 Å². The third-order valence-corrected chi connectivity index (χ3v) is 9.96. The van der Waals surface area contributed by atoms with Gasteiger partial charge >= 0.3 is 27.6 Å². The zero-order valence-electron chi connectivity index (χ0n) is 37.0. The molecule has 0 spiro atoms. The van der Waals surface area contributed by atoms with Gasteiger partial charge in [0.2, 0.25) is 0 Å². The van der Waals surface area contributed by atoms with Crippen molar-refractivity contribution in [3.05, 3.63) is 97.2 Å². The van der Waals surface area contributed by atoms with Crippen molar-refractivity contribution >= 4 is 27.6 Å². The van der Waals surface area contributed by atoms with E-state index in [2.05, 4.69) is 77.6 Å². The van der Waals surface area contributed by atoms with Gasteiger partial charge in [-0.2, -0.15) is 0 Å². The lowest BCUT2D eigenvalue weighted by molar-refractivity contribution is -0.161. The molecule has 354 valence electrons. The highest BCUT2D eigenvalue weighted by Crippen LogP contribution is 2.43. The minimum atomic E-state index is -4.88. The molecule has 0 aromatic rings. The van der Waals surface area contributed by atoms with Crippen molar-refractivity contribution in [2.75, 3.05) is 26.4 Å². The molecule has 0 aromatic heterocycles. The van der Waals surface area contributed by atoms with Crippen LogP contribution in [-0.4, -0.2) is 81.6 Å². The fraction of sp³-hybridized carbons (Fsp3) is 0.609. The first kappa shape index (κ1) is 59.0. The third-order valence-electron chi connectivity index (χ3n) is 8.53. The van der Waals surface area contributed by atoms with E-state index < -0.39 is 72.3 Å². The number of hydrogen-bond acceptors (Lipinski definition) is 11. The maximum Gasteiger partial charge on any atom is 0.472 e. The Morgan fingerprint density at radius 1 is 0.548 bits per heavy atom. The summed E-state index contributed by atoms with van der Waals surface area (Å²) in [5.74, 6) is -1.18. The van der Waals surface area contributed by atoms with Gasteiger partial charge in [0, 0.05) is 12.8 Å². The van der Waals surface area contributed by atoms with Gasteiger partial charge in [-0.1, -0.05) is 137 Å². The molecule has 0 heterocycles. The fourth-order valence-electron chi connectivity index (χ4n) is 5.17. The van der Waals surface area contributed by atoms with E-state index in [-0.39, 0.29) is 12.8 Å². The van der Waals surface area contributed by atoms with Crippen molar-refractivity contribution in [3.8, 4) is 0 Å². The first-order valence-corrected chi connectivity index (χ1v) is 25.1. The number of esters is 2. The Bertz CT molecular complexity index is 1480. The van der Waals surface area contributed by atoms with Gasteiger partial charge in [-0.05, 0) is 83.5 Å². The van der Waals surface area contributed by atoms with Crippen molar-refractivity contribution in [1.82, 2.24) is 0 Å². The summed E-state index contributed by atoms with van der Waals surface area (Å²) in [7, 11) is -9.74. The lowest BCUT2D eigenvalue weighted by Gasteiger charge is -2.20. The van der Waals surface area contributed by atoms with Crippen LogP contribution in [0.5, 0.6) is 0 Å². The van der Waals surface area contributed by atoms with Gasteiger partial charge in [0.1, 0.15) is 12.7 Å². The van der Waals surface area contributed by atoms with Crippen molar-refractivity contribution in [2.24, 2.45) is 0 Å². The summed E-state index contributed by atoms with van der Waals surface area (Å²) in [5.41, 5.74) is 0. The average Bonchev–Trinajstić information content (AvgIpc) is 3.23. The van der Waals surface area contributed by atoms with Crippen LogP contribution in [0.25, 0.3) is 0 Å². The Labute approximate surface area is 371 Å². The summed E-state index contributed by atoms with van der Waals surface area (Å²) in [6, 6.07) is 0. The second kappa shape index (κ2) is 40.8. The van der Waals surface area contributed by atoms with Crippen LogP contribution in [0, 0.1) is 0 Å². The number of rotatable bonds is 40. The second-order valence-corrected chi connectivity index (χ2v) is 17.1. The van der Waals surface area contributed by atoms with Gasteiger partial charge in [-0.3, -0.25) is 23.2 Å². The van der Waals surface area contributed by atoms with Crippen LogP contribution in [0.3, 0.4) is 0 Å². The molecule has 0 amide bonds. The van der Waals surface area contributed by atoms with E-state index in [9.17, 15) is 33.8 Å². The van der Waals surface area contributed by atoms with Crippen LogP contribution >= 0.6 is 15.6 Å². The molecule has 5 N–H and O–H groups in total. The monoisotopic (exact) mass is 914 g/mol. The van der Waals surface area contributed by atoms with Gasteiger partial charge in [-0.25, -0.2) is 9.13 Å². The molecule has 4 atom stereocenters. The van der Waals surface area contributed by atoms with Gasteiger partial charge < -0.3 is 34.4 Å². The van der Waals surface area contributed by atoms with E-state index in [4.69, 9.17) is 23.8 Å². The molecule has 0 aliphatic rings. The standard InChI is InChI=1S/C46H76O14P2/c1-3-5-7-9-11-12-13-14-15-16-17-18-19-20-24-28-32-36-45(49)56-40-44(41-59-62(54,55)58-39-43(48)38-57-61(51,52)53)60-46(50)37-33-29-25-21-23-27-31-35-42(47)34-30-26-22-10-8-6-4-2/h5,7,11-12,14-15,17-18,21-22,25-27,30-31,34,42-44,47-48H,3-4,6,8-10,13,16,19-20,23-24,28-29,32-33,35-41H2,1-2H3,(H,54,55)(H2,51,52,53)/b7-5-,12-11-,15-14-,18-17-,25-21+,26-22-,31-27-,34-30-/t42-,43-,44+/m0/s1. The molecule has 16 heteroatoms. The highest BCUT2D eigenvalue weighted by molar-refractivity contribution is 7.47. The first-order chi connectivity index (χ1) is 29.8. The summed E-state index contributed by atoms with van der Waals surface area (Å²) in [6.07, 6.45) is 44.3. The van der Waals surface area contributed by atoms with E-state index in [1.807, 2.05) is 36.5 Å². The molecule has 0 aliphatic heterocycles. The number of hydrogen-bond donors (Lipinski definition) is 5. The molecule has 0 saturated carbocycles. The molecule has 62 heavy (non-hydrogen) atoms. The highest BCUT2D eigenvalue weighted by atomic mass is 31.2. The second-order valence-electron chi connectivity index (χ2n) is 14.4. The van der Waals surface area contributed by atoms with Crippen molar-refractivity contribution in [3.63, 3.8) is 0 Å². The van der Waals surface area contributed by atoms with E-state index in [1.165, 1.54) is 19.3 Å². The summed E-state index contributed by atoms with van der Waals surface area (Å²) in [6.45, 7) is 1.42. The lowest BCUT2D eigenvalue weighted by Crippen LogP contribution is -2.29. The molecule has 0 aliphatic carbocycles. The molecular formula is C46H76O14P2. The fourth-order valence-corrected chi connectivity index (χ4v) is 6.33. The van der Waals surface area contributed by atoms with E-state index in [0.29, 0.717) is 32.1 Å². The SMILES string of the molecule is CC/C=C\C/C=C\C/C=C\C/C=C\CCCCCCC(=O)OC[C@H](COP(=O)(O)OC[C@@H](O)COP(=O)(O)O)OC(=O)CCC/C=C/C/C=C\C[C@@H](O)/C=C\C=C/CCCCC. The normalized spacial score (nSPS) is 15.4. The number of carbonyl (C=O) groups excluding carboxylic acids is 2. The zero-order valence-corrected chi connectivity index (χ0v) is 38.8. The summed E-state index contributed by atoms with van der Waals surface area (Å²) in [5, 5.41) is 19.8. The number of carbonyl (C=O) groups is 2. The topological polar surface area (TPSA) is 216 Å². The summed E-state index contributed by atoms with van der Waals surface area (Å²) in [4.78, 5) is 52.7. The minimum absolute atomic E-state index is 0.0101. The number of ether oxygens (including phenoxy) is 2. The van der Waals surface area contributed by atoms with Crippen LogP contribution in [0.1, 0.15) is 136 Å². The van der Waals surface area contributed by atoms with Gasteiger partial charge in [0.25, 0.3) is 0 Å². The zero-order chi connectivity index (χ0) is 46.0. The van der Waals surface area contributed by atoms with Crippen LogP contribution in [0.4, 0.5) is 0 Å². The predicted molar refractivity (Wildman–Crippen MR) is 245 cm³/mol. The van der Waals surface area contributed by atoms with Crippen LogP contribution in [0.2, 0.25) is 0 Å². The van der Waals surface area contributed by atoms with Crippen LogP contribution < -0.4 is 0 Å². The summed E-state index contributed by atoms with van der Waals surface area (Å²) >= 11 is 0. The number of aliphatic hydroxyl groups is 2. The molecule has 1 unspecified atom stereocenters. The maximum absolute atomic E-state index is 12.7. The molecule has 14 nitrogen and oxygen atoms in total. The largest absolute Gasteiger partial charge is 0.472 e. The quantitative estimate of drug-likeness (QED) is 0.0127. The van der Waals surface area contributed by atoms with Gasteiger partial charge in [0.15, 0.2) is 6.10 Å². The Kier molecular flexibility index (Phi) is 38.8. The lowest BCUT2D eigenvalue weighted by atomic mass is 10.1. The first-order valence-electron chi connectivity index (χ1n) is 22.0. The van der Waals surface area contributed by atoms with Crippen molar-refractivity contribution < 1.29 is 66.7 Å². The smallest absolute Gasteiger partial charge is 0.462 e. The van der Waals surface area contributed by atoms with Crippen LogP contribution in [0.15, 0.2) is 97.2 Å². The third kappa shape index (κ3) is 43.6. The molecule has 0 saturated heterocycles. The van der Waals surface area contributed by atoms with E-state index >= 15 is 0 Å². The molecular weight excluding hydrogens is 838 g/mol. The number of unbranched alkanes of at least 4 members (excludes halogenated alkanes) is 8. The Balaban J connectivity index is 4.73. The van der Waals surface area contributed by atoms with Crippen molar-refractivity contribution in [1.29, 1.82) is 0 Å². The number of phosphoric ester groups is 2. The molecule has 0 bridgehead atoms. The maximum atomic E-state index is 12.7. The minimum Gasteiger partial charge on any atom is -0.462 e. The number of allylic oxidation sites excluding steroid dienone is 14. The van der Waals surface area contributed by atoms with Gasteiger partial charge in [0.05, 0.1) is 25.9 Å². The van der Waals surface area contributed by atoms with E-state index in [0.717, 1.165) is 57.8 Å². The average molecular weight is 915 g/mol. The summed E-state index contributed by atoms with van der Waals surface area (Å²) < 4.78 is 47.7. The van der Waals surface area contributed by atoms with E-state index in [1.54, 1.807) is 6.08 Å². The Morgan fingerprint density at radius 2 is 1.08 bits per heavy atom. The highest BCUT2D eigenvalue weighted by Gasteiger charge is 2.28. The van der Waals surface area contributed by atoms with Crippen molar-refractivity contribution in [2.45, 2.75) is 154 Å².